The second kappa shape index (κ2) is 5.00. The van der Waals surface area contributed by atoms with Crippen LogP contribution in [0.5, 0.6) is 5.75 Å². The highest BCUT2D eigenvalue weighted by molar-refractivity contribution is 5.62. The molecule has 1 aromatic carbocycles. The van der Waals surface area contributed by atoms with Gasteiger partial charge in [-0.1, -0.05) is 17.3 Å². The number of aromatic nitrogens is 3. The van der Waals surface area contributed by atoms with Gasteiger partial charge in [0.15, 0.2) is 5.69 Å². The summed E-state index contributed by atoms with van der Waals surface area (Å²) in [6.07, 6.45) is 1.48. The van der Waals surface area contributed by atoms with Gasteiger partial charge in [0.1, 0.15) is 5.75 Å². The molecular weight excluding hydrogens is 276 g/mol. The lowest BCUT2D eigenvalue weighted by Gasteiger charge is -1.96. The van der Waals surface area contributed by atoms with Gasteiger partial charge in [-0.3, -0.25) is 10.1 Å². The number of pyridine rings is 1. The van der Waals surface area contributed by atoms with Crippen LogP contribution in [0.2, 0.25) is 0 Å². The maximum atomic E-state index is 10.8. The van der Waals surface area contributed by atoms with Crippen LogP contribution in [0.4, 0.5) is 5.69 Å². The van der Waals surface area contributed by atoms with Crippen LogP contribution in [0.1, 0.15) is 0 Å². The summed E-state index contributed by atoms with van der Waals surface area (Å²) < 4.78 is 5.03. The third-order valence-electron chi connectivity index (χ3n) is 2.73. The SMILES string of the molecule is O=[N+]([O-])c1cccc(-c2noc(-c3ncccc3O)n2)c1. The second-order valence-corrected chi connectivity index (χ2v) is 4.10. The Bertz CT molecular complexity index is 815. The summed E-state index contributed by atoms with van der Waals surface area (Å²) in [7, 11) is 0. The normalized spacial score (nSPS) is 10.5. The van der Waals surface area contributed by atoms with E-state index in [1.54, 1.807) is 12.1 Å². The van der Waals surface area contributed by atoms with Gasteiger partial charge in [-0.25, -0.2) is 4.98 Å². The fraction of sp³-hybridized carbons (Fsp3) is 0. The van der Waals surface area contributed by atoms with Gasteiger partial charge in [0.2, 0.25) is 5.82 Å². The number of hydrogen-bond acceptors (Lipinski definition) is 7. The quantitative estimate of drug-likeness (QED) is 0.579. The van der Waals surface area contributed by atoms with Gasteiger partial charge >= 0.3 is 0 Å². The van der Waals surface area contributed by atoms with E-state index in [2.05, 4.69) is 15.1 Å². The molecule has 0 fully saturated rings. The van der Waals surface area contributed by atoms with Gasteiger partial charge in [0.05, 0.1) is 4.92 Å². The van der Waals surface area contributed by atoms with Crippen molar-refractivity contribution in [1.29, 1.82) is 0 Å². The average molecular weight is 284 g/mol. The molecule has 0 radical (unpaired) electrons. The molecule has 0 spiro atoms. The van der Waals surface area contributed by atoms with Gasteiger partial charge in [0.25, 0.3) is 11.6 Å². The third-order valence-corrected chi connectivity index (χ3v) is 2.73. The van der Waals surface area contributed by atoms with Gasteiger partial charge in [-0.05, 0) is 12.1 Å². The fourth-order valence-electron chi connectivity index (χ4n) is 1.76. The Hall–Kier alpha value is -3.29. The van der Waals surface area contributed by atoms with Gasteiger partial charge in [-0.15, -0.1) is 0 Å². The fourth-order valence-corrected chi connectivity index (χ4v) is 1.76. The number of hydrogen-bond donors (Lipinski definition) is 1. The van der Waals surface area contributed by atoms with Crippen molar-refractivity contribution in [3.63, 3.8) is 0 Å². The molecule has 0 saturated carbocycles. The van der Waals surface area contributed by atoms with E-state index >= 15 is 0 Å². The van der Waals surface area contributed by atoms with E-state index in [0.29, 0.717) is 5.56 Å². The van der Waals surface area contributed by atoms with Crippen molar-refractivity contribution in [3.8, 4) is 28.7 Å². The van der Waals surface area contributed by atoms with Crippen molar-refractivity contribution in [2.75, 3.05) is 0 Å². The molecule has 0 aliphatic heterocycles. The summed E-state index contributed by atoms with van der Waals surface area (Å²) in [6, 6.07) is 8.87. The second-order valence-electron chi connectivity index (χ2n) is 4.10. The van der Waals surface area contributed by atoms with Crippen molar-refractivity contribution in [3.05, 3.63) is 52.7 Å². The molecule has 1 N–H and O–H groups in total. The minimum Gasteiger partial charge on any atom is -0.505 e. The monoisotopic (exact) mass is 284 g/mol. The molecule has 0 amide bonds. The molecular formula is C13H8N4O4. The highest BCUT2D eigenvalue weighted by atomic mass is 16.6. The zero-order valence-corrected chi connectivity index (χ0v) is 10.5. The minimum absolute atomic E-state index is 0.0367. The Balaban J connectivity index is 2.01. The molecule has 3 aromatic rings. The summed E-state index contributed by atoms with van der Waals surface area (Å²) >= 11 is 0. The van der Waals surface area contributed by atoms with Gasteiger partial charge < -0.3 is 9.63 Å². The molecule has 3 rings (SSSR count). The zero-order valence-electron chi connectivity index (χ0n) is 10.5. The first kappa shape index (κ1) is 12.7. The predicted octanol–water partition coefficient (Wildman–Crippen LogP) is 2.41. The van der Waals surface area contributed by atoms with Gasteiger partial charge in [-0.2, -0.15) is 4.98 Å². The van der Waals surface area contributed by atoms with Crippen molar-refractivity contribution >= 4 is 5.69 Å². The molecule has 0 unspecified atom stereocenters. The predicted molar refractivity (Wildman–Crippen MR) is 71.3 cm³/mol. The number of rotatable bonds is 3. The van der Waals surface area contributed by atoms with Crippen molar-refractivity contribution in [2.24, 2.45) is 0 Å². The molecule has 2 heterocycles. The molecule has 0 aliphatic carbocycles. The molecule has 0 atom stereocenters. The molecule has 2 aromatic heterocycles. The van der Waals surface area contributed by atoms with Crippen LogP contribution in [-0.4, -0.2) is 25.2 Å². The van der Waals surface area contributed by atoms with Crippen LogP contribution in [0, 0.1) is 10.1 Å². The van der Waals surface area contributed by atoms with Crippen molar-refractivity contribution < 1.29 is 14.6 Å². The number of benzene rings is 1. The maximum Gasteiger partial charge on any atom is 0.280 e. The van der Waals surface area contributed by atoms with Crippen molar-refractivity contribution in [1.82, 2.24) is 15.1 Å². The van der Waals surface area contributed by atoms with Crippen LogP contribution in [0.3, 0.4) is 0 Å². The summed E-state index contributed by atoms with van der Waals surface area (Å²) in [5.41, 5.74) is 0.524. The number of nitrogens with zero attached hydrogens (tertiary/aromatic N) is 4. The number of nitro benzene ring substituents is 1. The van der Waals surface area contributed by atoms with E-state index in [1.165, 1.54) is 30.5 Å². The summed E-state index contributed by atoms with van der Waals surface area (Å²) in [6.45, 7) is 0. The number of nitro groups is 1. The zero-order chi connectivity index (χ0) is 14.8. The lowest BCUT2D eigenvalue weighted by Crippen LogP contribution is -1.89. The Kier molecular flexibility index (Phi) is 3.03. The lowest BCUT2D eigenvalue weighted by atomic mass is 10.2. The summed E-state index contributed by atoms with van der Waals surface area (Å²) in [4.78, 5) is 18.3. The molecule has 0 aliphatic rings. The number of aromatic hydroxyl groups is 1. The van der Waals surface area contributed by atoms with Crippen LogP contribution < -0.4 is 0 Å². The standard InChI is InChI=1S/C13H8N4O4/c18-10-5-2-6-14-11(10)13-15-12(16-21-13)8-3-1-4-9(7-8)17(19)20/h1-7,18H. The van der Waals surface area contributed by atoms with Gasteiger partial charge in [0, 0.05) is 23.9 Å². The van der Waals surface area contributed by atoms with Crippen LogP contribution in [0.25, 0.3) is 23.0 Å². The first-order chi connectivity index (χ1) is 10.1. The topological polar surface area (TPSA) is 115 Å². The average Bonchev–Trinajstić information content (AvgIpc) is 2.97. The van der Waals surface area contributed by atoms with E-state index in [4.69, 9.17) is 4.52 Å². The van der Waals surface area contributed by atoms with E-state index in [9.17, 15) is 15.2 Å². The molecule has 8 nitrogen and oxygen atoms in total. The van der Waals surface area contributed by atoms with E-state index in [-0.39, 0.29) is 28.8 Å². The van der Waals surface area contributed by atoms with Crippen LogP contribution in [0.15, 0.2) is 47.1 Å². The summed E-state index contributed by atoms with van der Waals surface area (Å²) in [5.74, 6) is 0.125. The van der Waals surface area contributed by atoms with Crippen LogP contribution >= 0.6 is 0 Å². The Labute approximate surface area is 117 Å². The summed E-state index contributed by atoms with van der Waals surface area (Å²) in [5, 5.41) is 24.2. The van der Waals surface area contributed by atoms with E-state index in [0.717, 1.165) is 0 Å². The molecule has 8 heteroatoms. The highest BCUT2D eigenvalue weighted by Gasteiger charge is 2.16. The largest absolute Gasteiger partial charge is 0.505 e. The van der Waals surface area contributed by atoms with Crippen LogP contribution in [-0.2, 0) is 0 Å². The molecule has 0 saturated heterocycles. The maximum absolute atomic E-state index is 10.8. The minimum atomic E-state index is -0.505. The Morgan fingerprint density at radius 3 is 2.86 bits per heavy atom. The highest BCUT2D eigenvalue weighted by Crippen LogP contribution is 2.27. The Morgan fingerprint density at radius 2 is 2.10 bits per heavy atom. The smallest absolute Gasteiger partial charge is 0.280 e. The first-order valence-corrected chi connectivity index (χ1v) is 5.88. The Morgan fingerprint density at radius 1 is 1.24 bits per heavy atom. The third kappa shape index (κ3) is 2.41. The molecule has 104 valence electrons. The van der Waals surface area contributed by atoms with E-state index < -0.39 is 4.92 Å². The van der Waals surface area contributed by atoms with E-state index in [1.807, 2.05) is 0 Å². The lowest BCUT2D eigenvalue weighted by molar-refractivity contribution is -0.384. The first-order valence-electron chi connectivity index (χ1n) is 5.88. The molecule has 21 heavy (non-hydrogen) atoms. The number of non-ortho nitro benzene ring substituents is 1. The molecule has 0 bridgehead atoms. The van der Waals surface area contributed by atoms with Crippen molar-refractivity contribution in [2.45, 2.75) is 0 Å².